The van der Waals surface area contributed by atoms with E-state index in [1.54, 1.807) is 22.8 Å². The number of aromatic nitrogens is 3. The minimum atomic E-state index is -0.0607. The summed E-state index contributed by atoms with van der Waals surface area (Å²) in [6.07, 6.45) is 3.15. The predicted molar refractivity (Wildman–Crippen MR) is 77.5 cm³/mol. The quantitative estimate of drug-likeness (QED) is 0.860. The Bertz CT molecular complexity index is 563. The van der Waals surface area contributed by atoms with Gasteiger partial charge in [0.15, 0.2) is 0 Å². The summed E-state index contributed by atoms with van der Waals surface area (Å²) < 4.78 is 1.70. The first-order valence-electron chi connectivity index (χ1n) is 6.36. The number of thioether (sulfide) groups is 1. The molecule has 0 radical (unpaired) electrons. The molecule has 1 fully saturated rings. The van der Waals surface area contributed by atoms with Gasteiger partial charge in [-0.3, -0.25) is 10.1 Å². The lowest BCUT2D eigenvalue weighted by Gasteiger charge is -2.10. The Balaban J connectivity index is 1.57. The highest BCUT2D eigenvalue weighted by atomic mass is 32.2. The van der Waals surface area contributed by atoms with Crippen molar-refractivity contribution in [3.8, 4) is 5.69 Å². The lowest BCUT2D eigenvalue weighted by Crippen LogP contribution is -2.41. The predicted octanol–water partition coefficient (Wildman–Crippen LogP) is 0.546. The molecule has 6 nitrogen and oxygen atoms in total. The number of carbonyl (C=O) groups is 1. The zero-order valence-electron chi connectivity index (χ0n) is 10.8. The molecule has 7 heteroatoms. The van der Waals surface area contributed by atoms with Gasteiger partial charge < -0.3 is 5.32 Å². The third-order valence-electron chi connectivity index (χ3n) is 3.12. The van der Waals surface area contributed by atoms with Gasteiger partial charge >= 0.3 is 0 Å². The Labute approximate surface area is 121 Å². The summed E-state index contributed by atoms with van der Waals surface area (Å²) in [4.78, 5) is 15.8. The van der Waals surface area contributed by atoms with Crippen molar-refractivity contribution in [1.29, 1.82) is 0 Å². The van der Waals surface area contributed by atoms with Crippen LogP contribution in [0.5, 0.6) is 0 Å². The number of benzene rings is 1. The van der Waals surface area contributed by atoms with E-state index in [9.17, 15) is 4.79 Å². The highest BCUT2D eigenvalue weighted by Crippen LogP contribution is 2.10. The molecule has 0 spiro atoms. The van der Waals surface area contributed by atoms with Gasteiger partial charge in [0, 0.05) is 18.2 Å². The number of nitrogens with one attached hydrogen (secondary N) is 2. The van der Waals surface area contributed by atoms with Gasteiger partial charge in [0.1, 0.15) is 12.7 Å². The van der Waals surface area contributed by atoms with Gasteiger partial charge in [-0.1, -0.05) is 12.1 Å². The maximum Gasteiger partial charge on any atom is 0.238 e. The average Bonchev–Trinajstić information content (AvgIpc) is 3.18. The number of hydrogen-bond donors (Lipinski definition) is 2. The number of hydrogen-bond acceptors (Lipinski definition) is 5. The standard InChI is InChI=1S/C13H15N5OS/c19-13(12-6-20-9-16-12)15-5-10-1-3-11(4-2-10)18-8-14-7-17-18/h1-4,7-8,12,16H,5-6,9H2,(H,15,19). The van der Waals surface area contributed by atoms with Crippen molar-refractivity contribution in [3.05, 3.63) is 42.5 Å². The van der Waals surface area contributed by atoms with Crippen molar-refractivity contribution in [2.45, 2.75) is 12.6 Å². The molecule has 1 atom stereocenters. The van der Waals surface area contributed by atoms with Crippen LogP contribution in [-0.4, -0.2) is 38.3 Å². The third kappa shape index (κ3) is 3.00. The van der Waals surface area contributed by atoms with Crippen LogP contribution in [0.3, 0.4) is 0 Å². The van der Waals surface area contributed by atoms with Crippen LogP contribution in [-0.2, 0) is 11.3 Å². The first kappa shape index (κ1) is 13.1. The van der Waals surface area contributed by atoms with Crippen LogP contribution < -0.4 is 10.6 Å². The smallest absolute Gasteiger partial charge is 0.238 e. The first-order valence-corrected chi connectivity index (χ1v) is 7.51. The minimum absolute atomic E-state index is 0.0607. The Morgan fingerprint density at radius 1 is 1.45 bits per heavy atom. The summed E-state index contributed by atoms with van der Waals surface area (Å²) in [6, 6.07) is 7.82. The van der Waals surface area contributed by atoms with E-state index in [4.69, 9.17) is 0 Å². The van der Waals surface area contributed by atoms with E-state index >= 15 is 0 Å². The molecule has 1 aliphatic heterocycles. The molecule has 2 aromatic rings. The van der Waals surface area contributed by atoms with Crippen molar-refractivity contribution in [3.63, 3.8) is 0 Å². The molecule has 1 aliphatic rings. The molecule has 0 aliphatic carbocycles. The van der Waals surface area contributed by atoms with Crippen LogP contribution in [0.2, 0.25) is 0 Å². The molecule has 1 unspecified atom stereocenters. The van der Waals surface area contributed by atoms with Gasteiger partial charge in [-0.25, -0.2) is 9.67 Å². The highest BCUT2D eigenvalue weighted by Gasteiger charge is 2.21. The second-order valence-corrected chi connectivity index (χ2v) is 5.53. The zero-order chi connectivity index (χ0) is 13.8. The van der Waals surface area contributed by atoms with E-state index in [1.165, 1.54) is 6.33 Å². The van der Waals surface area contributed by atoms with E-state index in [0.717, 1.165) is 22.9 Å². The molecular weight excluding hydrogens is 274 g/mol. The van der Waals surface area contributed by atoms with Gasteiger partial charge in [-0.15, -0.1) is 11.8 Å². The topological polar surface area (TPSA) is 71.8 Å². The van der Waals surface area contributed by atoms with Crippen molar-refractivity contribution >= 4 is 17.7 Å². The summed E-state index contributed by atoms with van der Waals surface area (Å²) in [5, 5.41) is 10.2. The molecule has 20 heavy (non-hydrogen) atoms. The fourth-order valence-electron chi connectivity index (χ4n) is 1.98. The van der Waals surface area contributed by atoms with Gasteiger partial charge in [0.25, 0.3) is 0 Å². The fourth-order valence-corrected chi connectivity index (χ4v) is 2.93. The molecule has 2 N–H and O–H groups in total. The van der Waals surface area contributed by atoms with Gasteiger partial charge in [0.2, 0.25) is 5.91 Å². The number of nitrogens with zero attached hydrogens (tertiary/aromatic N) is 3. The molecule has 1 aromatic heterocycles. The molecular formula is C13H15N5OS. The Morgan fingerprint density at radius 3 is 2.95 bits per heavy atom. The summed E-state index contributed by atoms with van der Waals surface area (Å²) in [6.45, 7) is 0.541. The molecule has 1 saturated heterocycles. The van der Waals surface area contributed by atoms with E-state index in [2.05, 4.69) is 20.7 Å². The number of carbonyl (C=O) groups excluding carboxylic acids is 1. The van der Waals surface area contributed by atoms with Gasteiger partial charge in [-0.05, 0) is 17.7 Å². The lowest BCUT2D eigenvalue weighted by atomic mass is 10.2. The van der Waals surface area contributed by atoms with Crippen LogP contribution in [0.4, 0.5) is 0 Å². The fraction of sp³-hybridized carbons (Fsp3) is 0.308. The minimum Gasteiger partial charge on any atom is -0.351 e. The van der Waals surface area contributed by atoms with Crippen molar-refractivity contribution < 1.29 is 4.79 Å². The molecule has 1 amide bonds. The maximum absolute atomic E-state index is 11.9. The average molecular weight is 289 g/mol. The van der Waals surface area contributed by atoms with Crippen molar-refractivity contribution in [2.24, 2.45) is 0 Å². The van der Waals surface area contributed by atoms with E-state index in [0.29, 0.717) is 6.54 Å². The number of rotatable bonds is 4. The highest BCUT2D eigenvalue weighted by molar-refractivity contribution is 7.99. The Hall–Kier alpha value is -1.86. The Morgan fingerprint density at radius 2 is 2.30 bits per heavy atom. The molecule has 0 saturated carbocycles. The maximum atomic E-state index is 11.9. The van der Waals surface area contributed by atoms with Crippen molar-refractivity contribution in [2.75, 3.05) is 11.6 Å². The summed E-state index contributed by atoms with van der Waals surface area (Å²) in [5.41, 5.74) is 2.01. The van der Waals surface area contributed by atoms with Gasteiger partial charge in [0.05, 0.1) is 11.7 Å². The van der Waals surface area contributed by atoms with E-state index in [1.807, 2.05) is 24.3 Å². The van der Waals surface area contributed by atoms with Crippen LogP contribution in [0.15, 0.2) is 36.9 Å². The van der Waals surface area contributed by atoms with E-state index in [-0.39, 0.29) is 11.9 Å². The first-order chi connectivity index (χ1) is 9.83. The van der Waals surface area contributed by atoms with Crippen LogP contribution >= 0.6 is 11.8 Å². The molecule has 104 valence electrons. The zero-order valence-corrected chi connectivity index (χ0v) is 11.6. The summed E-state index contributed by atoms with van der Waals surface area (Å²) in [5.74, 6) is 1.76. The monoisotopic (exact) mass is 289 g/mol. The molecule has 2 heterocycles. The molecule has 1 aromatic carbocycles. The van der Waals surface area contributed by atoms with E-state index < -0.39 is 0 Å². The second kappa shape index (κ2) is 6.06. The second-order valence-electron chi connectivity index (χ2n) is 4.50. The molecule has 0 bridgehead atoms. The largest absolute Gasteiger partial charge is 0.351 e. The Kier molecular flexibility index (Phi) is 3.98. The third-order valence-corrected chi connectivity index (χ3v) is 4.06. The number of amides is 1. The van der Waals surface area contributed by atoms with Crippen LogP contribution in [0, 0.1) is 0 Å². The lowest BCUT2D eigenvalue weighted by molar-refractivity contribution is -0.122. The normalized spacial score (nSPS) is 18.1. The summed E-state index contributed by atoms with van der Waals surface area (Å²) in [7, 11) is 0. The SMILES string of the molecule is O=C(NCc1ccc(-n2cncn2)cc1)C1CSCN1. The van der Waals surface area contributed by atoms with Crippen LogP contribution in [0.25, 0.3) is 5.69 Å². The van der Waals surface area contributed by atoms with Gasteiger partial charge in [-0.2, -0.15) is 5.10 Å². The molecule has 3 rings (SSSR count). The summed E-state index contributed by atoms with van der Waals surface area (Å²) >= 11 is 1.75. The van der Waals surface area contributed by atoms with Crippen molar-refractivity contribution in [1.82, 2.24) is 25.4 Å². The van der Waals surface area contributed by atoms with Crippen LogP contribution in [0.1, 0.15) is 5.56 Å².